The van der Waals surface area contributed by atoms with Crippen LogP contribution in [0.1, 0.15) is 0 Å². The summed E-state index contributed by atoms with van der Waals surface area (Å²) in [5.74, 6) is 0. The molecule has 0 amide bonds. The SMILES string of the molecule is c1ccc2cc(-c3ccc(-c4cnc5ccc6cccnc6c5c4)cc3)ccc2c1. The minimum absolute atomic E-state index is 0.970. The molecule has 0 aliphatic carbocycles. The fraction of sp³-hybridized carbons (Fsp3) is 0. The summed E-state index contributed by atoms with van der Waals surface area (Å²) in [5.41, 5.74) is 6.67. The summed E-state index contributed by atoms with van der Waals surface area (Å²) in [6.07, 6.45) is 3.79. The van der Waals surface area contributed by atoms with Gasteiger partial charge in [-0.1, -0.05) is 72.8 Å². The van der Waals surface area contributed by atoms with Gasteiger partial charge in [-0.05, 0) is 51.7 Å². The highest BCUT2D eigenvalue weighted by Gasteiger charge is 2.06. The molecule has 0 spiro atoms. The summed E-state index contributed by atoms with van der Waals surface area (Å²) in [5, 5.41) is 4.75. The van der Waals surface area contributed by atoms with Crippen LogP contribution in [0.4, 0.5) is 0 Å². The van der Waals surface area contributed by atoms with Gasteiger partial charge in [-0.2, -0.15) is 0 Å². The molecule has 0 atom stereocenters. The van der Waals surface area contributed by atoms with Crippen molar-refractivity contribution in [2.45, 2.75) is 0 Å². The van der Waals surface area contributed by atoms with Gasteiger partial charge in [0.1, 0.15) is 0 Å². The Morgan fingerprint density at radius 2 is 1.17 bits per heavy atom. The molecule has 6 aromatic rings. The molecule has 0 N–H and O–H groups in total. The second-order valence-corrected chi connectivity index (χ2v) is 7.57. The molecule has 0 aliphatic rings. The van der Waals surface area contributed by atoms with Crippen molar-refractivity contribution in [2.24, 2.45) is 0 Å². The summed E-state index contributed by atoms with van der Waals surface area (Å²) in [6.45, 7) is 0. The molecule has 0 aliphatic heterocycles. The molecule has 0 saturated heterocycles. The standard InChI is InChI=1S/C28H18N2/c1-2-5-23-16-24(12-11-19(23)4-1)20-7-9-21(10-8-20)25-17-26-27(30-18-25)14-13-22-6-3-15-29-28(22)26/h1-18H. The highest BCUT2D eigenvalue weighted by Crippen LogP contribution is 2.30. The predicted octanol–water partition coefficient (Wildman–Crippen LogP) is 7.27. The lowest BCUT2D eigenvalue weighted by Gasteiger charge is -2.08. The van der Waals surface area contributed by atoms with Gasteiger partial charge in [0.2, 0.25) is 0 Å². The van der Waals surface area contributed by atoms with Gasteiger partial charge < -0.3 is 0 Å². The number of hydrogen-bond acceptors (Lipinski definition) is 2. The van der Waals surface area contributed by atoms with E-state index in [0.717, 1.165) is 32.9 Å². The topological polar surface area (TPSA) is 25.8 Å². The second kappa shape index (κ2) is 6.78. The number of aromatic nitrogens is 2. The molecule has 2 heteroatoms. The zero-order valence-electron chi connectivity index (χ0n) is 16.3. The number of hydrogen-bond donors (Lipinski definition) is 0. The Labute approximate surface area is 174 Å². The second-order valence-electron chi connectivity index (χ2n) is 7.57. The summed E-state index contributed by atoms with van der Waals surface area (Å²) in [4.78, 5) is 9.27. The molecular weight excluding hydrogens is 364 g/mol. The molecule has 30 heavy (non-hydrogen) atoms. The van der Waals surface area contributed by atoms with Crippen LogP contribution in [0.15, 0.2) is 109 Å². The molecule has 0 radical (unpaired) electrons. The molecule has 0 bridgehead atoms. The van der Waals surface area contributed by atoms with E-state index >= 15 is 0 Å². The molecule has 2 heterocycles. The zero-order chi connectivity index (χ0) is 19.9. The van der Waals surface area contributed by atoms with Crippen molar-refractivity contribution in [2.75, 3.05) is 0 Å². The van der Waals surface area contributed by atoms with Gasteiger partial charge in [0.25, 0.3) is 0 Å². The molecule has 6 rings (SSSR count). The molecule has 4 aromatic carbocycles. The van der Waals surface area contributed by atoms with Crippen molar-refractivity contribution in [1.29, 1.82) is 0 Å². The Balaban J connectivity index is 1.42. The van der Waals surface area contributed by atoms with Gasteiger partial charge in [0.05, 0.1) is 11.0 Å². The van der Waals surface area contributed by atoms with Crippen LogP contribution < -0.4 is 0 Å². The van der Waals surface area contributed by atoms with Gasteiger partial charge in [-0.3, -0.25) is 9.97 Å². The quantitative estimate of drug-likeness (QED) is 0.294. The first kappa shape index (κ1) is 16.9. The minimum Gasteiger partial charge on any atom is -0.256 e. The lowest BCUT2D eigenvalue weighted by Crippen LogP contribution is -1.87. The van der Waals surface area contributed by atoms with Gasteiger partial charge in [0.15, 0.2) is 0 Å². The van der Waals surface area contributed by atoms with Crippen LogP contribution in [-0.2, 0) is 0 Å². The monoisotopic (exact) mass is 382 g/mol. The fourth-order valence-electron chi connectivity index (χ4n) is 4.13. The molecule has 0 fully saturated rings. The Kier molecular flexibility index (Phi) is 3.82. The third-order valence-corrected chi connectivity index (χ3v) is 5.73. The summed E-state index contributed by atoms with van der Waals surface area (Å²) in [7, 11) is 0. The van der Waals surface area contributed by atoms with E-state index in [4.69, 9.17) is 0 Å². The molecule has 0 unspecified atom stereocenters. The van der Waals surface area contributed by atoms with E-state index in [1.54, 1.807) is 0 Å². The Morgan fingerprint density at radius 1 is 0.467 bits per heavy atom. The third kappa shape index (κ3) is 2.82. The van der Waals surface area contributed by atoms with Crippen LogP contribution in [0.3, 0.4) is 0 Å². The van der Waals surface area contributed by atoms with Crippen LogP contribution in [0, 0.1) is 0 Å². The number of fused-ring (bicyclic) bond motifs is 4. The molecule has 140 valence electrons. The maximum Gasteiger partial charge on any atom is 0.0796 e. The summed E-state index contributed by atoms with van der Waals surface area (Å²) in [6, 6.07) is 34.2. The van der Waals surface area contributed by atoms with Crippen molar-refractivity contribution >= 4 is 32.6 Å². The number of rotatable bonds is 2. The van der Waals surface area contributed by atoms with E-state index in [9.17, 15) is 0 Å². The van der Waals surface area contributed by atoms with Crippen LogP contribution in [0.2, 0.25) is 0 Å². The maximum atomic E-state index is 4.68. The van der Waals surface area contributed by atoms with Crippen LogP contribution in [0.25, 0.3) is 54.8 Å². The van der Waals surface area contributed by atoms with Gasteiger partial charge >= 0.3 is 0 Å². The number of nitrogens with zero attached hydrogens (tertiary/aromatic N) is 2. The van der Waals surface area contributed by atoms with E-state index in [1.165, 1.54) is 21.9 Å². The lowest BCUT2D eigenvalue weighted by atomic mass is 9.98. The van der Waals surface area contributed by atoms with E-state index < -0.39 is 0 Å². The lowest BCUT2D eigenvalue weighted by molar-refractivity contribution is 1.39. The first-order valence-electron chi connectivity index (χ1n) is 10.1. The molecule has 2 nitrogen and oxygen atoms in total. The Hall–Kier alpha value is -4.04. The largest absolute Gasteiger partial charge is 0.256 e. The van der Waals surface area contributed by atoms with Crippen LogP contribution in [0.5, 0.6) is 0 Å². The number of pyridine rings is 2. The Bertz CT molecular complexity index is 1530. The highest BCUT2D eigenvalue weighted by molar-refractivity contribution is 6.04. The zero-order valence-corrected chi connectivity index (χ0v) is 16.3. The van der Waals surface area contributed by atoms with Crippen LogP contribution in [-0.4, -0.2) is 9.97 Å². The van der Waals surface area contributed by atoms with Crippen molar-refractivity contribution in [3.05, 3.63) is 109 Å². The van der Waals surface area contributed by atoms with Crippen molar-refractivity contribution in [3.63, 3.8) is 0 Å². The van der Waals surface area contributed by atoms with E-state index in [1.807, 2.05) is 18.5 Å². The Morgan fingerprint density at radius 3 is 2.03 bits per heavy atom. The highest BCUT2D eigenvalue weighted by atomic mass is 14.7. The maximum absolute atomic E-state index is 4.68. The van der Waals surface area contributed by atoms with Gasteiger partial charge in [-0.25, -0.2) is 0 Å². The van der Waals surface area contributed by atoms with Crippen LogP contribution >= 0.6 is 0 Å². The molecule has 0 saturated carbocycles. The summed E-state index contributed by atoms with van der Waals surface area (Å²) >= 11 is 0. The fourth-order valence-corrected chi connectivity index (χ4v) is 4.13. The van der Waals surface area contributed by atoms with Crippen molar-refractivity contribution in [1.82, 2.24) is 9.97 Å². The van der Waals surface area contributed by atoms with Gasteiger partial charge in [-0.15, -0.1) is 0 Å². The van der Waals surface area contributed by atoms with Gasteiger partial charge in [0, 0.05) is 28.7 Å². The van der Waals surface area contributed by atoms with Crippen molar-refractivity contribution in [3.8, 4) is 22.3 Å². The molecule has 2 aromatic heterocycles. The number of benzene rings is 4. The van der Waals surface area contributed by atoms with E-state index in [0.29, 0.717) is 0 Å². The first-order chi connectivity index (χ1) is 14.8. The summed E-state index contributed by atoms with van der Waals surface area (Å²) < 4.78 is 0. The smallest absolute Gasteiger partial charge is 0.0796 e. The minimum atomic E-state index is 0.970. The predicted molar refractivity (Wildman–Crippen MR) is 125 cm³/mol. The third-order valence-electron chi connectivity index (χ3n) is 5.73. The first-order valence-corrected chi connectivity index (χ1v) is 10.1. The molecular formula is C28H18N2. The van der Waals surface area contributed by atoms with E-state index in [2.05, 4.69) is 101 Å². The van der Waals surface area contributed by atoms with Crippen molar-refractivity contribution < 1.29 is 0 Å². The average Bonchev–Trinajstić information content (AvgIpc) is 2.83. The average molecular weight is 382 g/mol. The normalized spacial score (nSPS) is 11.3. The van der Waals surface area contributed by atoms with E-state index in [-0.39, 0.29) is 0 Å².